The summed E-state index contributed by atoms with van der Waals surface area (Å²) in [6.45, 7) is 0. The summed E-state index contributed by atoms with van der Waals surface area (Å²) in [6.07, 6.45) is 1.29. The molecule has 4 N–H and O–H groups in total. The molecule has 0 aliphatic carbocycles. The van der Waals surface area contributed by atoms with Gasteiger partial charge >= 0.3 is 0 Å². The van der Waals surface area contributed by atoms with Gasteiger partial charge in [0, 0.05) is 5.56 Å². The third kappa shape index (κ3) is 6.03. The van der Waals surface area contributed by atoms with Crippen LogP contribution in [-0.2, 0) is 22.9 Å². The van der Waals surface area contributed by atoms with Gasteiger partial charge in [0.15, 0.2) is 0 Å². The Bertz CT molecular complexity index is 1450. The van der Waals surface area contributed by atoms with E-state index in [0.717, 1.165) is 11.1 Å². The quantitative estimate of drug-likeness (QED) is 0.276. The zero-order valence-electron chi connectivity index (χ0n) is 19.8. The van der Waals surface area contributed by atoms with Crippen LogP contribution in [0.1, 0.15) is 21.5 Å². The smallest absolute Gasteiger partial charge is 0.261 e. The number of para-hydroxylation sites is 3. The first-order valence-electron chi connectivity index (χ1n) is 11.4. The minimum Gasteiger partial charge on any atom is -0.497 e. The SMILES string of the molecule is COc1ccc(S(=O)(=O)Nc2ccccc2CCc2ccc(C(=O)Nc3ccccc3N)cc2)cc1. The van der Waals surface area contributed by atoms with Gasteiger partial charge in [-0.3, -0.25) is 9.52 Å². The van der Waals surface area contributed by atoms with Crippen molar-refractivity contribution < 1.29 is 17.9 Å². The molecule has 0 saturated carbocycles. The second kappa shape index (κ2) is 11.0. The lowest BCUT2D eigenvalue weighted by Crippen LogP contribution is -2.14. The number of amides is 1. The Labute approximate surface area is 211 Å². The number of hydrogen-bond acceptors (Lipinski definition) is 5. The van der Waals surface area contributed by atoms with Crippen LogP contribution in [0, 0.1) is 0 Å². The molecule has 0 aliphatic rings. The molecule has 0 unspecified atom stereocenters. The number of ether oxygens (including phenoxy) is 1. The van der Waals surface area contributed by atoms with Gasteiger partial charge in [-0.2, -0.15) is 0 Å². The Morgan fingerprint density at radius 2 is 1.44 bits per heavy atom. The molecule has 1 amide bonds. The lowest BCUT2D eigenvalue weighted by atomic mass is 10.0. The van der Waals surface area contributed by atoms with Crippen molar-refractivity contribution in [2.75, 3.05) is 22.9 Å². The highest BCUT2D eigenvalue weighted by Gasteiger charge is 2.16. The number of benzene rings is 4. The number of nitrogen functional groups attached to an aromatic ring is 1. The van der Waals surface area contributed by atoms with E-state index in [1.54, 1.807) is 48.5 Å². The predicted octanol–water partition coefficient (Wildman–Crippen LogP) is 5.12. The van der Waals surface area contributed by atoms with E-state index in [1.165, 1.54) is 19.2 Å². The van der Waals surface area contributed by atoms with Gasteiger partial charge in [0.25, 0.3) is 15.9 Å². The average Bonchev–Trinajstić information content (AvgIpc) is 2.89. The molecule has 4 aromatic rings. The minimum absolute atomic E-state index is 0.157. The fourth-order valence-electron chi connectivity index (χ4n) is 3.70. The van der Waals surface area contributed by atoms with Crippen LogP contribution < -0.4 is 20.5 Å². The number of sulfonamides is 1. The summed E-state index contributed by atoms with van der Waals surface area (Å²) < 4.78 is 33.6. The summed E-state index contributed by atoms with van der Waals surface area (Å²) in [6, 6.07) is 28.0. The third-order valence-electron chi connectivity index (χ3n) is 5.74. The highest BCUT2D eigenvalue weighted by Crippen LogP contribution is 2.23. The van der Waals surface area contributed by atoms with Crippen LogP contribution >= 0.6 is 0 Å². The van der Waals surface area contributed by atoms with Crippen molar-refractivity contribution in [1.82, 2.24) is 0 Å². The van der Waals surface area contributed by atoms with Gasteiger partial charge in [-0.25, -0.2) is 8.42 Å². The zero-order chi connectivity index (χ0) is 25.5. The lowest BCUT2D eigenvalue weighted by Gasteiger charge is -2.13. The molecule has 0 spiro atoms. The molecule has 8 heteroatoms. The largest absolute Gasteiger partial charge is 0.497 e. The van der Waals surface area contributed by atoms with Crippen molar-refractivity contribution in [2.24, 2.45) is 0 Å². The molecule has 0 heterocycles. The second-order valence-electron chi connectivity index (χ2n) is 8.18. The summed E-state index contributed by atoms with van der Waals surface area (Å²) >= 11 is 0. The minimum atomic E-state index is -3.75. The summed E-state index contributed by atoms with van der Waals surface area (Å²) in [5.74, 6) is 0.347. The van der Waals surface area contributed by atoms with Crippen LogP contribution in [0.25, 0.3) is 0 Å². The second-order valence-corrected chi connectivity index (χ2v) is 9.86. The molecule has 0 saturated heterocycles. The lowest BCUT2D eigenvalue weighted by molar-refractivity contribution is 0.102. The van der Waals surface area contributed by atoms with E-state index in [1.807, 2.05) is 36.4 Å². The van der Waals surface area contributed by atoms with Gasteiger partial charge in [0.05, 0.1) is 29.1 Å². The Morgan fingerprint density at radius 1 is 0.806 bits per heavy atom. The van der Waals surface area contributed by atoms with Crippen LogP contribution in [0.5, 0.6) is 5.75 Å². The molecule has 0 atom stereocenters. The maximum atomic E-state index is 12.9. The molecule has 0 bridgehead atoms. The first-order valence-corrected chi connectivity index (χ1v) is 12.8. The van der Waals surface area contributed by atoms with Crippen LogP contribution in [0.2, 0.25) is 0 Å². The highest BCUT2D eigenvalue weighted by molar-refractivity contribution is 7.92. The Balaban J connectivity index is 1.41. The fourth-order valence-corrected chi connectivity index (χ4v) is 4.80. The summed E-state index contributed by atoms with van der Waals surface area (Å²) in [7, 11) is -2.22. The highest BCUT2D eigenvalue weighted by atomic mass is 32.2. The number of carbonyl (C=O) groups excluding carboxylic acids is 1. The molecule has 0 aliphatic heterocycles. The van der Waals surface area contributed by atoms with E-state index in [0.29, 0.717) is 41.2 Å². The number of methoxy groups -OCH3 is 1. The molecule has 0 aromatic heterocycles. The van der Waals surface area contributed by atoms with Gasteiger partial charge < -0.3 is 15.8 Å². The van der Waals surface area contributed by atoms with Crippen LogP contribution in [0.15, 0.2) is 102 Å². The Kier molecular flexibility index (Phi) is 7.56. The number of nitrogens with one attached hydrogen (secondary N) is 2. The normalized spacial score (nSPS) is 11.0. The van der Waals surface area contributed by atoms with Crippen molar-refractivity contribution in [3.05, 3.63) is 114 Å². The van der Waals surface area contributed by atoms with E-state index in [-0.39, 0.29) is 10.8 Å². The zero-order valence-corrected chi connectivity index (χ0v) is 20.6. The molecular weight excluding hydrogens is 474 g/mol. The molecule has 184 valence electrons. The van der Waals surface area contributed by atoms with Gasteiger partial charge in [0.2, 0.25) is 0 Å². The van der Waals surface area contributed by atoms with Gasteiger partial charge in [0.1, 0.15) is 5.75 Å². The molecule has 36 heavy (non-hydrogen) atoms. The Hall–Kier alpha value is -4.30. The maximum absolute atomic E-state index is 12.9. The van der Waals surface area contributed by atoms with Crippen molar-refractivity contribution in [3.63, 3.8) is 0 Å². The van der Waals surface area contributed by atoms with E-state index >= 15 is 0 Å². The monoisotopic (exact) mass is 501 g/mol. The van der Waals surface area contributed by atoms with Crippen molar-refractivity contribution in [2.45, 2.75) is 17.7 Å². The number of rotatable bonds is 9. The summed E-state index contributed by atoms with van der Waals surface area (Å²) in [5.41, 5.74) is 9.92. The van der Waals surface area contributed by atoms with Crippen LogP contribution in [0.4, 0.5) is 17.1 Å². The van der Waals surface area contributed by atoms with Crippen LogP contribution in [-0.4, -0.2) is 21.4 Å². The number of nitrogens with two attached hydrogens (primary N) is 1. The van der Waals surface area contributed by atoms with Crippen molar-refractivity contribution in [1.29, 1.82) is 0 Å². The first kappa shape index (κ1) is 24.8. The van der Waals surface area contributed by atoms with E-state index in [4.69, 9.17) is 10.5 Å². The van der Waals surface area contributed by atoms with Gasteiger partial charge in [-0.1, -0.05) is 42.5 Å². The maximum Gasteiger partial charge on any atom is 0.261 e. The standard InChI is InChI=1S/C28H27N3O4S/c1-35-23-16-18-24(19-17-23)36(33,34)31-26-8-4-2-6-21(26)13-10-20-11-14-22(15-12-20)28(32)30-27-9-5-3-7-25(27)29/h2-9,11-12,14-19,31H,10,13,29H2,1H3,(H,30,32). The number of carbonyl (C=O) groups is 1. The number of anilines is 3. The van der Waals surface area contributed by atoms with E-state index < -0.39 is 10.0 Å². The van der Waals surface area contributed by atoms with Gasteiger partial charge in [-0.05, 0) is 78.6 Å². The van der Waals surface area contributed by atoms with Crippen molar-refractivity contribution in [3.8, 4) is 5.75 Å². The number of hydrogen-bond donors (Lipinski definition) is 3. The Morgan fingerprint density at radius 3 is 2.11 bits per heavy atom. The summed E-state index contributed by atoms with van der Waals surface area (Å²) in [5, 5.41) is 2.82. The average molecular weight is 502 g/mol. The number of aryl methyl sites for hydroxylation is 2. The molecular formula is C28H27N3O4S. The molecule has 7 nitrogen and oxygen atoms in total. The summed E-state index contributed by atoms with van der Waals surface area (Å²) in [4.78, 5) is 12.7. The topological polar surface area (TPSA) is 111 Å². The molecule has 4 rings (SSSR count). The van der Waals surface area contributed by atoms with Crippen molar-refractivity contribution >= 4 is 33.0 Å². The van der Waals surface area contributed by atoms with E-state index in [2.05, 4.69) is 10.0 Å². The van der Waals surface area contributed by atoms with Crippen LogP contribution in [0.3, 0.4) is 0 Å². The predicted molar refractivity (Wildman–Crippen MR) is 143 cm³/mol. The third-order valence-corrected chi connectivity index (χ3v) is 7.12. The first-order chi connectivity index (χ1) is 17.4. The fraction of sp³-hybridized carbons (Fsp3) is 0.107. The molecule has 4 aromatic carbocycles. The molecule has 0 fully saturated rings. The van der Waals surface area contributed by atoms with E-state index in [9.17, 15) is 13.2 Å². The van der Waals surface area contributed by atoms with Gasteiger partial charge in [-0.15, -0.1) is 0 Å². The molecule has 0 radical (unpaired) electrons.